The van der Waals surface area contributed by atoms with Gasteiger partial charge in [-0.05, 0) is 61.9 Å². The lowest BCUT2D eigenvalue weighted by molar-refractivity contribution is 0.180. The molecule has 0 bridgehead atoms. The van der Waals surface area contributed by atoms with E-state index >= 15 is 0 Å². The molecule has 1 aromatic rings. The zero-order valence-electron chi connectivity index (χ0n) is 12.4. The van der Waals surface area contributed by atoms with E-state index in [-0.39, 0.29) is 0 Å². The molecule has 1 fully saturated rings. The Labute approximate surface area is 118 Å². The van der Waals surface area contributed by atoms with Crippen molar-refractivity contribution in [1.29, 1.82) is 0 Å². The molecule has 2 nitrogen and oxygen atoms in total. The van der Waals surface area contributed by atoms with Gasteiger partial charge in [0, 0.05) is 6.54 Å². The Bertz CT molecular complexity index is 361. The maximum absolute atomic E-state index is 5.74. The van der Waals surface area contributed by atoms with Crippen molar-refractivity contribution in [2.45, 2.75) is 39.7 Å². The van der Waals surface area contributed by atoms with Gasteiger partial charge in [0.2, 0.25) is 0 Å². The molecule has 1 aliphatic rings. The van der Waals surface area contributed by atoms with Crippen molar-refractivity contribution in [3.05, 3.63) is 35.4 Å². The van der Waals surface area contributed by atoms with Gasteiger partial charge in [-0.3, -0.25) is 4.90 Å². The van der Waals surface area contributed by atoms with Crippen LogP contribution < -0.4 is 5.73 Å². The van der Waals surface area contributed by atoms with E-state index in [1.807, 2.05) is 0 Å². The van der Waals surface area contributed by atoms with Crippen molar-refractivity contribution < 1.29 is 0 Å². The fourth-order valence-electron chi connectivity index (χ4n) is 2.89. The number of piperidine rings is 1. The van der Waals surface area contributed by atoms with Crippen LogP contribution in [0.5, 0.6) is 0 Å². The first-order chi connectivity index (χ1) is 9.17. The van der Waals surface area contributed by atoms with Crippen molar-refractivity contribution in [1.82, 2.24) is 4.90 Å². The van der Waals surface area contributed by atoms with Crippen molar-refractivity contribution in [3.8, 4) is 0 Å². The van der Waals surface area contributed by atoms with Crippen LogP contribution in [-0.4, -0.2) is 24.5 Å². The van der Waals surface area contributed by atoms with E-state index in [1.165, 1.54) is 43.5 Å². The summed E-state index contributed by atoms with van der Waals surface area (Å²) in [6.45, 7) is 8.91. The second-order valence-corrected chi connectivity index (χ2v) is 6.37. The highest BCUT2D eigenvalue weighted by molar-refractivity contribution is 5.22. The lowest BCUT2D eigenvalue weighted by atomic mass is 9.96. The molecule has 2 heteroatoms. The van der Waals surface area contributed by atoms with E-state index in [0.717, 1.165) is 24.9 Å². The van der Waals surface area contributed by atoms with Crippen LogP contribution in [0.25, 0.3) is 0 Å². The lowest BCUT2D eigenvalue weighted by Crippen LogP contribution is -2.35. The van der Waals surface area contributed by atoms with Crippen LogP contribution in [0.4, 0.5) is 0 Å². The predicted octanol–water partition coefficient (Wildman–Crippen LogP) is 3.06. The average molecular weight is 260 g/mol. The molecule has 0 amide bonds. The van der Waals surface area contributed by atoms with Crippen molar-refractivity contribution in [2.24, 2.45) is 17.6 Å². The average Bonchev–Trinajstić information content (AvgIpc) is 2.41. The van der Waals surface area contributed by atoms with Crippen LogP contribution in [0.1, 0.15) is 37.8 Å². The van der Waals surface area contributed by atoms with E-state index in [4.69, 9.17) is 5.73 Å². The number of benzene rings is 1. The van der Waals surface area contributed by atoms with Gasteiger partial charge in [0.15, 0.2) is 0 Å². The lowest BCUT2D eigenvalue weighted by Gasteiger charge is -2.31. The number of hydrogen-bond acceptors (Lipinski definition) is 2. The molecule has 0 aromatic heterocycles. The van der Waals surface area contributed by atoms with Gasteiger partial charge >= 0.3 is 0 Å². The molecule has 2 rings (SSSR count). The second-order valence-electron chi connectivity index (χ2n) is 6.37. The van der Waals surface area contributed by atoms with Crippen LogP contribution in [0.3, 0.4) is 0 Å². The molecule has 19 heavy (non-hydrogen) atoms. The van der Waals surface area contributed by atoms with Gasteiger partial charge < -0.3 is 5.73 Å². The molecule has 0 aliphatic carbocycles. The van der Waals surface area contributed by atoms with Crippen molar-refractivity contribution in [3.63, 3.8) is 0 Å². The number of hydrogen-bond donors (Lipinski definition) is 1. The number of nitrogens with zero attached hydrogens (tertiary/aromatic N) is 1. The zero-order chi connectivity index (χ0) is 13.7. The Morgan fingerprint density at radius 1 is 1.11 bits per heavy atom. The van der Waals surface area contributed by atoms with Gasteiger partial charge in [-0.2, -0.15) is 0 Å². The molecular formula is C17H28N2. The van der Waals surface area contributed by atoms with Crippen LogP contribution >= 0.6 is 0 Å². The first-order valence-electron chi connectivity index (χ1n) is 7.67. The molecule has 0 unspecified atom stereocenters. The molecule has 1 aromatic carbocycles. The van der Waals surface area contributed by atoms with Crippen LogP contribution in [0, 0.1) is 11.8 Å². The number of likely N-dealkylation sites (tertiary alicyclic amines) is 1. The summed E-state index contributed by atoms with van der Waals surface area (Å²) in [7, 11) is 0. The minimum Gasteiger partial charge on any atom is -0.330 e. The molecule has 0 atom stereocenters. The highest BCUT2D eigenvalue weighted by Gasteiger charge is 2.17. The molecule has 2 N–H and O–H groups in total. The van der Waals surface area contributed by atoms with E-state index in [1.54, 1.807) is 0 Å². The first kappa shape index (κ1) is 14.5. The molecule has 1 heterocycles. The second kappa shape index (κ2) is 7.06. The minimum absolute atomic E-state index is 0.737. The first-order valence-corrected chi connectivity index (χ1v) is 7.67. The van der Waals surface area contributed by atoms with Gasteiger partial charge in [-0.25, -0.2) is 0 Å². The third-order valence-corrected chi connectivity index (χ3v) is 4.11. The van der Waals surface area contributed by atoms with E-state index in [9.17, 15) is 0 Å². The Hall–Kier alpha value is -0.860. The van der Waals surface area contributed by atoms with Crippen molar-refractivity contribution in [2.75, 3.05) is 19.6 Å². The molecule has 0 saturated carbocycles. The standard InChI is InChI=1S/C17H28N2/c1-14(2)11-15-3-5-17(6-4-15)13-19-9-7-16(12-18)8-10-19/h3-6,14,16H,7-13,18H2,1-2H3. The molecule has 0 radical (unpaired) electrons. The maximum atomic E-state index is 5.74. The molecule has 1 saturated heterocycles. The van der Waals surface area contributed by atoms with Gasteiger partial charge in [0.1, 0.15) is 0 Å². The number of rotatable bonds is 5. The van der Waals surface area contributed by atoms with Crippen LogP contribution in [-0.2, 0) is 13.0 Å². The third-order valence-electron chi connectivity index (χ3n) is 4.11. The quantitative estimate of drug-likeness (QED) is 0.881. The summed E-state index contributed by atoms with van der Waals surface area (Å²) < 4.78 is 0. The highest BCUT2D eigenvalue weighted by atomic mass is 15.1. The Morgan fingerprint density at radius 2 is 1.68 bits per heavy atom. The Balaban J connectivity index is 1.83. The summed E-state index contributed by atoms with van der Waals surface area (Å²) in [5, 5.41) is 0. The summed E-state index contributed by atoms with van der Waals surface area (Å²) in [5.74, 6) is 1.49. The van der Waals surface area contributed by atoms with Gasteiger partial charge in [-0.1, -0.05) is 38.1 Å². The molecule has 106 valence electrons. The molecule has 0 spiro atoms. The van der Waals surface area contributed by atoms with E-state index in [2.05, 4.69) is 43.0 Å². The van der Waals surface area contributed by atoms with Gasteiger partial charge in [0.05, 0.1) is 0 Å². The smallest absolute Gasteiger partial charge is 0.0233 e. The molecule has 1 aliphatic heterocycles. The highest BCUT2D eigenvalue weighted by Crippen LogP contribution is 2.18. The summed E-state index contributed by atoms with van der Waals surface area (Å²) in [6.07, 6.45) is 3.71. The summed E-state index contributed by atoms with van der Waals surface area (Å²) in [5.41, 5.74) is 8.64. The summed E-state index contributed by atoms with van der Waals surface area (Å²) >= 11 is 0. The maximum Gasteiger partial charge on any atom is 0.0233 e. The summed E-state index contributed by atoms with van der Waals surface area (Å²) in [4.78, 5) is 2.56. The van der Waals surface area contributed by atoms with E-state index < -0.39 is 0 Å². The minimum atomic E-state index is 0.737. The Morgan fingerprint density at radius 3 is 2.21 bits per heavy atom. The monoisotopic (exact) mass is 260 g/mol. The Kier molecular flexibility index (Phi) is 5.41. The fourth-order valence-corrected chi connectivity index (χ4v) is 2.89. The van der Waals surface area contributed by atoms with Gasteiger partial charge in [-0.15, -0.1) is 0 Å². The van der Waals surface area contributed by atoms with Crippen molar-refractivity contribution >= 4 is 0 Å². The third kappa shape index (κ3) is 4.63. The normalized spacial score (nSPS) is 18.1. The van der Waals surface area contributed by atoms with Gasteiger partial charge in [0.25, 0.3) is 0 Å². The zero-order valence-corrected chi connectivity index (χ0v) is 12.4. The van der Waals surface area contributed by atoms with Crippen LogP contribution in [0.15, 0.2) is 24.3 Å². The predicted molar refractivity (Wildman–Crippen MR) is 82.0 cm³/mol. The largest absolute Gasteiger partial charge is 0.330 e. The van der Waals surface area contributed by atoms with Crippen LogP contribution in [0.2, 0.25) is 0 Å². The molecular weight excluding hydrogens is 232 g/mol. The SMILES string of the molecule is CC(C)Cc1ccc(CN2CCC(CN)CC2)cc1. The topological polar surface area (TPSA) is 29.3 Å². The number of nitrogens with two attached hydrogens (primary N) is 1. The van der Waals surface area contributed by atoms with E-state index in [0.29, 0.717) is 0 Å². The summed E-state index contributed by atoms with van der Waals surface area (Å²) in [6, 6.07) is 9.18. The fraction of sp³-hybridized carbons (Fsp3) is 0.647.